The molecule has 1 aliphatic heterocycles. The van der Waals surface area contributed by atoms with Gasteiger partial charge in [-0.25, -0.2) is 9.80 Å². The van der Waals surface area contributed by atoms with Crippen LogP contribution in [0.3, 0.4) is 0 Å². The maximum atomic E-state index is 11.6. The Morgan fingerprint density at radius 3 is 3.00 bits per heavy atom. The van der Waals surface area contributed by atoms with Crippen molar-refractivity contribution < 1.29 is 14.3 Å². The summed E-state index contributed by atoms with van der Waals surface area (Å²) < 4.78 is 10.9. The lowest BCUT2D eigenvalue weighted by Gasteiger charge is -2.14. The Labute approximate surface area is 101 Å². The number of nitrogens with zero attached hydrogens (tertiary/aromatic N) is 1. The van der Waals surface area contributed by atoms with E-state index in [2.05, 4.69) is 21.4 Å². The van der Waals surface area contributed by atoms with Crippen LogP contribution < -0.4 is 10.4 Å². The van der Waals surface area contributed by atoms with Gasteiger partial charge in [0, 0.05) is 11.1 Å². The fourth-order valence-corrected chi connectivity index (χ4v) is 1.81. The van der Waals surface area contributed by atoms with Crippen LogP contribution in [0.25, 0.3) is 0 Å². The van der Waals surface area contributed by atoms with Gasteiger partial charge in [0.1, 0.15) is 0 Å². The summed E-state index contributed by atoms with van der Waals surface area (Å²) in [6.07, 6.45) is -1.20. The lowest BCUT2D eigenvalue weighted by atomic mass is 10.3. The minimum Gasteiger partial charge on any atom is -0.402 e. The number of hydrazine groups is 1. The number of benzene rings is 1. The molecule has 86 valence electrons. The summed E-state index contributed by atoms with van der Waals surface area (Å²) in [5, 5.41) is 1.31. The number of para-hydroxylation sites is 1. The Bertz CT molecular complexity index is 399. The molecular weight excluding hydrogens is 276 g/mol. The summed E-state index contributed by atoms with van der Waals surface area (Å²) in [6, 6.07) is 7.35. The molecule has 1 saturated heterocycles. The van der Waals surface area contributed by atoms with Gasteiger partial charge in [0.25, 0.3) is 6.41 Å². The number of cyclic esters (lactones) is 1. The fourth-order valence-electron chi connectivity index (χ4n) is 1.35. The Morgan fingerprint density at radius 1 is 1.56 bits per heavy atom. The zero-order chi connectivity index (χ0) is 11.5. The van der Waals surface area contributed by atoms with E-state index in [1.54, 1.807) is 6.07 Å². The van der Waals surface area contributed by atoms with E-state index in [4.69, 9.17) is 9.47 Å². The van der Waals surface area contributed by atoms with Crippen LogP contribution in [0.4, 0.5) is 10.5 Å². The van der Waals surface area contributed by atoms with E-state index in [0.717, 1.165) is 4.47 Å². The van der Waals surface area contributed by atoms with Crippen molar-refractivity contribution in [3.8, 4) is 0 Å². The maximum Gasteiger partial charge on any atom is 0.432 e. The number of ether oxygens (including phenoxy) is 2. The first kappa shape index (κ1) is 11.4. The molecule has 1 N–H and O–H groups in total. The first-order valence-corrected chi connectivity index (χ1v) is 5.64. The number of anilines is 1. The predicted octanol–water partition coefficient (Wildman–Crippen LogP) is 2.23. The van der Waals surface area contributed by atoms with Gasteiger partial charge in [0.2, 0.25) is 0 Å². The SMILES string of the molecule is CCOC1NN(c2ccccc2Br)C(=O)O1. The van der Waals surface area contributed by atoms with Gasteiger partial charge in [-0.1, -0.05) is 12.1 Å². The van der Waals surface area contributed by atoms with Crippen molar-refractivity contribution >= 4 is 27.7 Å². The molecule has 1 aliphatic rings. The van der Waals surface area contributed by atoms with Crippen LogP contribution in [0, 0.1) is 0 Å². The zero-order valence-corrected chi connectivity index (χ0v) is 10.2. The molecule has 0 spiro atoms. The molecule has 1 aromatic carbocycles. The van der Waals surface area contributed by atoms with Crippen molar-refractivity contribution in [3.05, 3.63) is 28.7 Å². The van der Waals surface area contributed by atoms with Crippen LogP contribution in [0.15, 0.2) is 28.7 Å². The first-order valence-electron chi connectivity index (χ1n) is 4.85. The molecule has 0 radical (unpaired) electrons. The minimum absolute atomic E-state index is 0.467. The molecule has 16 heavy (non-hydrogen) atoms. The third kappa shape index (κ3) is 2.18. The average Bonchev–Trinajstić information content (AvgIpc) is 2.61. The van der Waals surface area contributed by atoms with E-state index >= 15 is 0 Å². The van der Waals surface area contributed by atoms with Gasteiger partial charge in [-0.3, -0.25) is 0 Å². The quantitative estimate of drug-likeness (QED) is 0.926. The molecule has 0 saturated carbocycles. The molecule has 5 nitrogen and oxygen atoms in total. The first-order chi connectivity index (χ1) is 7.72. The molecule has 2 rings (SSSR count). The third-order valence-electron chi connectivity index (χ3n) is 2.04. The fraction of sp³-hybridized carbons (Fsp3) is 0.300. The Kier molecular flexibility index (Phi) is 3.42. The van der Waals surface area contributed by atoms with Gasteiger partial charge >= 0.3 is 6.09 Å². The summed E-state index contributed by atoms with van der Waals surface area (Å²) in [4.78, 5) is 11.6. The summed E-state index contributed by atoms with van der Waals surface area (Å²) >= 11 is 3.36. The molecule has 0 aliphatic carbocycles. The van der Waals surface area contributed by atoms with Crippen LogP contribution in [-0.2, 0) is 9.47 Å². The van der Waals surface area contributed by atoms with Gasteiger partial charge in [-0.05, 0) is 35.0 Å². The number of amides is 1. The van der Waals surface area contributed by atoms with Crippen molar-refractivity contribution in [3.63, 3.8) is 0 Å². The van der Waals surface area contributed by atoms with Gasteiger partial charge in [0.05, 0.1) is 5.69 Å². The van der Waals surface area contributed by atoms with E-state index < -0.39 is 12.5 Å². The molecule has 1 aromatic rings. The van der Waals surface area contributed by atoms with Crippen LogP contribution >= 0.6 is 15.9 Å². The largest absolute Gasteiger partial charge is 0.432 e. The van der Waals surface area contributed by atoms with Crippen molar-refractivity contribution in [1.29, 1.82) is 0 Å². The van der Waals surface area contributed by atoms with Gasteiger partial charge in [0.15, 0.2) is 0 Å². The topological polar surface area (TPSA) is 50.8 Å². The molecule has 1 unspecified atom stereocenters. The Balaban J connectivity index is 2.17. The van der Waals surface area contributed by atoms with E-state index in [9.17, 15) is 4.79 Å². The normalized spacial score (nSPS) is 20.0. The minimum atomic E-state index is -0.718. The number of hydrogen-bond donors (Lipinski definition) is 1. The second-order valence-corrected chi connectivity index (χ2v) is 3.94. The molecule has 1 fully saturated rings. The highest BCUT2D eigenvalue weighted by Crippen LogP contribution is 2.27. The van der Waals surface area contributed by atoms with Crippen LogP contribution in [-0.4, -0.2) is 19.1 Å². The highest BCUT2D eigenvalue weighted by Gasteiger charge is 2.33. The standard InChI is InChI=1S/C10H11BrN2O3/c1-2-15-9-12-13(10(14)16-9)8-6-4-3-5-7(8)11/h3-6,9,12H,2H2,1H3. The second-order valence-electron chi connectivity index (χ2n) is 3.09. The van der Waals surface area contributed by atoms with Gasteiger partial charge in [-0.15, -0.1) is 0 Å². The molecular formula is C10H11BrN2O3. The average molecular weight is 287 g/mol. The van der Waals surface area contributed by atoms with Crippen LogP contribution in [0.5, 0.6) is 0 Å². The van der Waals surface area contributed by atoms with Crippen molar-refractivity contribution in [2.24, 2.45) is 0 Å². The number of hydrogen-bond acceptors (Lipinski definition) is 4. The predicted molar refractivity (Wildman–Crippen MR) is 61.7 cm³/mol. The highest BCUT2D eigenvalue weighted by molar-refractivity contribution is 9.10. The number of carbonyl (C=O) groups excluding carboxylic acids is 1. The van der Waals surface area contributed by atoms with Crippen molar-refractivity contribution in [2.75, 3.05) is 11.6 Å². The molecule has 0 bridgehead atoms. The van der Waals surface area contributed by atoms with Gasteiger partial charge in [-0.2, -0.15) is 5.43 Å². The number of carbonyl (C=O) groups is 1. The molecule has 0 aromatic heterocycles. The molecule has 1 atom stereocenters. The monoisotopic (exact) mass is 286 g/mol. The smallest absolute Gasteiger partial charge is 0.402 e. The van der Waals surface area contributed by atoms with Crippen LogP contribution in [0.2, 0.25) is 0 Å². The van der Waals surface area contributed by atoms with Crippen LogP contribution in [0.1, 0.15) is 6.92 Å². The van der Waals surface area contributed by atoms with E-state index in [-0.39, 0.29) is 0 Å². The lowest BCUT2D eigenvalue weighted by molar-refractivity contribution is -0.0924. The van der Waals surface area contributed by atoms with Crippen molar-refractivity contribution in [1.82, 2.24) is 5.43 Å². The highest BCUT2D eigenvalue weighted by atomic mass is 79.9. The Morgan fingerprint density at radius 2 is 2.31 bits per heavy atom. The van der Waals surface area contributed by atoms with Crippen molar-refractivity contribution in [2.45, 2.75) is 13.3 Å². The molecule has 1 amide bonds. The summed E-state index contributed by atoms with van der Waals surface area (Å²) in [5.41, 5.74) is 3.50. The second kappa shape index (κ2) is 4.82. The molecule has 1 heterocycles. The molecule has 6 heteroatoms. The Hall–Kier alpha value is -1.11. The summed E-state index contributed by atoms with van der Waals surface area (Å²) in [5.74, 6) is 0. The van der Waals surface area contributed by atoms with Gasteiger partial charge < -0.3 is 9.47 Å². The number of halogens is 1. The van der Waals surface area contributed by atoms with E-state index in [0.29, 0.717) is 12.3 Å². The maximum absolute atomic E-state index is 11.6. The summed E-state index contributed by atoms with van der Waals surface area (Å²) in [7, 11) is 0. The third-order valence-corrected chi connectivity index (χ3v) is 2.71. The van der Waals surface area contributed by atoms with E-state index in [1.165, 1.54) is 5.01 Å². The number of rotatable bonds is 3. The lowest BCUT2D eigenvalue weighted by Crippen LogP contribution is -2.38. The number of nitrogens with one attached hydrogen (secondary N) is 1. The zero-order valence-electron chi connectivity index (χ0n) is 8.64. The summed E-state index contributed by atoms with van der Waals surface area (Å²) in [6.45, 7) is 2.30. The van der Waals surface area contributed by atoms with E-state index in [1.807, 2.05) is 25.1 Å².